The van der Waals surface area contributed by atoms with Crippen molar-refractivity contribution >= 4 is 27.3 Å². The summed E-state index contributed by atoms with van der Waals surface area (Å²) in [5.74, 6) is 0. The molecule has 14 heavy (non-hydrogen) atoms. The minimum absolute atomic E-state index is 0.0527. The molecule has 1 aromatic rings. The van der Waals surface area contributed by atoms with Crippen LogP contribution in [0, 0.1) is 5.41 Å². The molecule has 2 N–H and O–H groups in total. The Hall–Kier alpha value is 0.0700. The summed E-state index contributed by atoms with van der Waals surface area (Å²) in [4.78, 5) is 1.23. The number of thiophene rings is 1. The second-order valence-electron chi connectivity index (χ2n) is 4.19. The summed E-state index contributed by atoms with van der Waals surface area (Å²) < 4.78 is 14.1. The summed E-state index contributed by atoms with van der Waals surface area (Å²) in [7, 11) is 0. The zero-order valence-electron chi connectivity index (χ0n) is 7.97. The maximum atomic E-state index is 13.0. The molecule has 0 saturated heterocycles. The number of halogens is 2. The number of nitrogens with two attached hydrogens (primary N) is 1. The smallest absolute Gasteiger partial charge is 0.108 e. The van der Waals surface area contributed by atoms with Crippen molar-refractivity contribution < 1.29 is 4.39 Å². The van der Waals surface area contributed by atoms with Crippen molar-refractivity contribution in [2.24, 2.45) is 11.1 Å². The number of rotatable bonds is 3. The van der Waals surface area contributed by atoms with Gasteiger partial charge in [0.1, 0.15) is 6.17 Å². The lowest BCUT2D eigenvalue weighted by molar-refractivity contribution is 0.327. The number of hydrogen-bond donors (Lipinski definition) is 1. The van der Waals surface area contributed by atoms with E-state index in [1.807, 2.05) is 19.1 Å². The molecule has 4 heteroatoms. The largest absolute Gasteiger partial charge is 0.327 e. The van der Waals surface area contributed by atoms with E-state index in [2.05, 4.69) is 15.9 Å². The highest BCUT2D eigenvalue weighted by Crippen LogP contribution is 2.51. The Bertz CT molecular complexity index is 341. The quantitative estimate of drug-likeness (QED) is 0.903. The second-order valence-corrected chi connectivity index (χ2v) is 6.74. The van der Waals surface area contributed by atoms with Crippen molar-refractivity contribution in [1.29, 1.82) is 0 Å². The van der Waals surface area contributed by atoms with Crippen molar-refractivity contribution in [2.75, 3.05) is 0 Å². The van der Waals surface area contributed by atoms with Gasteiger partial charge in [-0.25, -0.2) is 4.39 Å². The monoisotopic (exact) mass is 277 g/mol. The van der Waals surface area contributed by atoms with Gasteiger partial charge in [0.05, 0.1) is 3.79 Å². The second kappa shape index (κ2) is 3.58. The molecule has 1 aromatic heterocycles. The third-order valence-electron chi connectivity index (χ3n) is 3.07. The SMILES string of the molecule is CC1(C(N)Cc2ccc(Br)s2)CC1F. The molecule has 1 fully saturated rings. The van der Waals surface area contributed by atoms with Gasteiger partial charge in [-0.05, 0) is 40.9 Å². The average molecular weight is 278 g/mol. The van der Waals surface area contributed by atoms with Crippen molar-refractivity contribution in [1.82, 2.24) is 0 Å². The van der Waals surface area contributed by atoms with Crippen LogP contribution in [-0.2, 0) is 6.42 Å². The number of alkyl halides is 1. The van der Waals surface area contributed by atoms with Gasteiger partial charge in [0, 0.05) is 16.3 Å². The van der Waals surface area contributed by atoms with E-state index < -0.39 is 6.17 Å². The molecule has 1 saturated carbocycles. The maximum Gasteiger partial charge on any atom is 0.108 e. The third kappa shape index (κ3) is 1.88. The molecule has 1 aliphatic rings. The Morgan fingerprint density at radius 1 is 1.79 bits per heavy atom. The first kappa shape index (κ1) is 10.6. The topological polar surface area (TPSA) is 26.0 Å². The Morgan fingerprint density at radius 3 is 2.86 bits per heavy atom. The molecular formula is C10H13BrFNS. The Labute approximate surface area is 95.6 Å². The van der Waals surface area contributed by atoms with Crippen LogP contribution in [0.5, 0.6) is 0 Å². The first-order valence-corrected chi connectivity index (χ1v) is 6.27. The van der Waals surface area contributed by atoms with E-state index in [4.69, 9.17) is 5.73 Å². The minimum Gasteiger partial charge on any atom is -0.327 e. The molecule has 0 aromatic carbocycles. The molecule has 78 valence electrons. The van der Waals surface area contributed by atoms with Gasteiger partial charge < -0.3 is 5.73 Å². The normalized spacial score (nSPS) is 33.0. The van der Waals surface area contributed by atoms with Crippen molar-refractivity contribution in [3.63, 3.8) is 0 Å². The molecule has 1 aliphatic carbocycles. The van der Waals surface area contributed by atoms with Crippen molar-refractivity contribution in [3.05, 3.63) is 20.8 Å². The molecular weight excluding hydrogens is 265 g/mol. The highest BCUT2D eigenvalue weighted by atomic mass is 79.9. The minimum atomic E-state index is -0.694. The first-order valence-electron chi connectivity index (χ1n) is 4.66. The molecule has 0 aliphatic heterocycles. The van der Waals surface area contributed by atoms with Crippen LogP contribution in [0.15, 0.2) is 15.9 Å². The lowest BCUT2D eigenvalue weighted by Gasteiger charge is -2.17. The van der Waals surface area contributed by atoms with Crippen LogP contribution in [0.4, 0.5) is 4.39 Å². The Kier molecular flexibility index (Phi) is 2.70. The van der Waals surface area contributed by atoms with Gasteiger partial charge in [-0.3, -0.25) is 0 Å². The molecule has 0 bridgehead atoms. The van der Waals surface area contributed by atoms with Gasteiger partial charge in [0.25, 0.3) is 0 Å². The fourth-order valence-corrected chi connectivity index (χ4v) is 3.16. The lowest BCUT2D eigenvalue weighted by Crippen LogP contribution is -2.33. The predicted molar refractivity (Wildman–Crippen MR) is 61.3 cm³/mol. The third-order valence-corrected chi connectivity index (χ3v) is 4.72. The van der Waals surface area contributed by atoms with E-state index in [0.29, 0.717) is 6.42 Å². The molecule has 3 unspecified atom stereocenters. The van der Waals surface area contributed by atoms with Gasteiger partial charge in [0.2, 0.25) is 0 Å². The molecule has 3 atom stereocenters. The van der Waals surface area contributed by atoms with Gasteiger partial charge in [-0.15, -0.1) is 11.3 Å². The first-order chi connectivity index (χ1) is 6.52. The van der Waals surface area contributed by atoms with Crippen LogP contribution >= 0.6 is 27.3 Å². The van der Waals surface area contributed by atoms with Crippen LogP contribution in [0.1, 0.15) is 18.2 Å². The summed E-state index contributed by atoms with van der Waals surface area (Å²) in [5, 5.41) is 0. The summed E-state index contributed by atoms with van der Waals surface area (Å²) in [5.41, 5.74) is 5.73. The highest BCUT2D eigenvalue weighted by molar-refractivity contribution is 9.11. The van der Waals surface area contributed by atoms with Crippen molar-refractivity contribution in [3.8, 4) is 0 Å². The van der Waals surface area contributed by atoms with E-state index in [0.717, 1.165) is 10.2 Å². The van der Waals surface area contributed by atoms with Gasteiger partial charge in [-0.2, -0.15) is 0 Å². The summed E-state index contributed by atoms with van der Waals surface area (Å²) in [6, 6.07) is 4.01. The summed E-state index contributed by atoms with van der Waals surface area (Å²) >= 11 is 5.08. The van der Waals surface area contributed by atoms with Gasteiger partial charge in [0.15, 0.2) is 0 Å². The van der Waals surface area contributed by atoms with Gasteiger partial charge in [-0.1, -0.05) is 6.92 Å². The molecule has 0 amide bonds. The summed E-state index contributed by atoms with van der Waals surface area (Å²) in [6.45, 7) is 1.94. The predicted octanol–water partition coefficient (Wildman–Crippen LogP) is 3.13. The standard InChI is InChI=1S/C10H13BrFNS/c1-10(5-7(10)12)8(13)4-6-2-3-9(11)14-6/h2-3,7-8H,4-5,13H2,1H3. The lowest BCUT2D eigenvalue weighted by atomic mass is 9.96. The number of hydrogen-bond acceptors (Lipinski definition) is 2. The van der Waals surface area contributed by atoms with Crippen molar-refractivity contribution in [2.45, 2.75) is 32.0 Å². The highest BCUT2D eigenvalue weighted by Gasteiger charge is 2.54. The molecule has 2 rings (SSSR count). The molecule has 1 heterocycles. The maximum absolute atomic E-state index is 13.0. The zero-order chi connectivity index (χ0) is 10.3. The fourth-order valence-electron chi connectivity index (χ4n) is 1.62. The fraction of sp³-hybridized carbons (Fsp3) is 0.600. The molecule has 0 spiro atoms. The van der Waals surface area contributed by atoms with E-state index in [1.54, 1.807) is 11.3 Å². The van der Waals surface area contributed by atoms with E-state index >= 15 is 0 Å². The van der Waals surface area contributed by atoms with E-state index in [1.165, 1.54) is 4.88 Å². The molecule has 0 radical (unpaired) electrons. The summed E-state index contributed by atoms with van der Waals surface area (Å²) in [6.07, 6.45) is 0.717. The van der Waals surface area contributed by atoms with Crippen LogP contribution in [-0.4, -0.2) is 12.2 Å². The van der Waals surface area contributed by atoms with E-state index in [9.17, 15) is 4.39 Å². The molecule has 1 nitrogen and oxygen atoms in total. The van der Waals surface area contributed by atoms with Crippen LogP contribution in [0.3, 0.4) is 0 Å². The van der Waals surface area contributed by atoms with Crippen LogP contribution in [0.2, 0.25) is 0 Å². The van der Waals surface area contributed by atoms with Gasteiger partial charge >= 0.3 is 0 Å². The zero-order valence-corrected chi connectivity index (χ0v) is 10.4. The average Bonchev–Trinajstić information content (AvgIpc) is 2.56. The van der Waals surface area contributed by atoms with Crippen LogP contribution in [0.25, 0.3) is 0 Å². The Balaban J connectivity index is 1.98. The van der Waals surface area contributed by atoms with Crippen LogP contribution < -0.4 is 5.73 Å². The Morgan fingerprint density at radius 2 is 2.43 bits per heavy atom. The van der Waals surface area contributed by atoms with E-state index in [-0.39, 0.29) is 11.5 Å².